The number of nitrogens with zero attached hydrogens (tertiary/aromatic N) is 2. The molecular formula is C20H22N4O3. The van der Waals surface area contributed by atoms with E-state index in [0.717, 1.165) is 60.4 Å². The highest BCUT2D eigenvalue weighted by Gasteiger charge is 2.22. The topological polar surface area (TPSA) is 92.9 Å². The Kier molecular flexibility index (Phi) is 4.66. The number of fused-ring (bicyclic) bond motifs is 1. The fourth-order valence-electron chi connectivity index (χ4n) is 3.59. The highest BCUT2D eigenvalue weighted by Crippen LogP contribution is 2.23. The molecule has 2 aromatic heterocycles. The van der Waals surface area contributed by atoms with Gasteiger partial charge in [0, 0.05) is 30.4 Å². The Bertz CT molecular complexity index is 1030. The number of nitrogens with one attached hydrogen (secondary N) is 2. The maximum atomic E-state index is 12.6. The van der Waals surface area contributed by atoms with Crippen molar-refractivity contribution in [3.05, 3.63) is 69.2 Å². The largest absolute Gasteiger partial charge is 0.360 e. The number of aryl methyl sites for hydroxylation is 2. The van der Waals surface area contributed by atoms with Crippen LogP contribution in [-0.2, 0) is 19.4 Å². The quantitative estimate of drug-likeness (QED) is 0.694. The van der Waals surface area contributed by atoms with E-state index < -0.39 is 0 Å². The average molecular weight is 366 g/mol. The Morgan fingerprint density at radius 3 is 2.96 bits per heavy atom. The van der Waals surface area contributed by atoms with E-state index in [9.17, 15) is 9.59 Å². The minimum absolute atomic E-state index is 0.182. The Labute approximate surface area is 156 Å². The SMILES string of the molecule is Cc1c[nH]c(=O)n1-c1cccc(CNC(=O)c2noc3c2CCCCC3)c1. The summed E-state index contributed by atoms with van der Waals surface area (Å²) in [7, 11) is 0. The lowest BCUT2D eigenvalue weighted by Gasteiger charge is -2.08. The molecule has 1 amide bonds. The Morgan fingerprint density at radius 2 is 2.15 bits per heavy atom. The van der Waals surface area contributed by atoms with Crippen molar-refractivity contribution in [1.82, 2.24) is 20.0 Å². The number of aromatic nitrogens is 3. The Balaban J connectivity index is 1.50. The smallest absolute Gasteiger partial charge is 0.330 e. The highest BCUT2D eigenvalue weighted by molar-refractivity contribution is 5.93. The standard InChI is InChI=1S/C20H22N4O3/c1-13-11-22-20(26)24(13)15-7-5-6-14(10-15)12-21-19(25)18-16-8-3-2-4-9-17(16)27-23-18/h5-7,10-11H,2-4,8-9,12H2,1H3,(H,21,25)(H,22,26). The van der Waals surface area contributed by atoms with Gasteiger partial charge in [-0.15, -0.1) is 0 Å². The molecule has 1 aliphatic rings. The molecule has 3 aromatic rings. The van der Waals surface area contributed by atoms with Crippen LogP contribution in [0.3, 0.4) is 0 Å². The summed E-state index contributed by atoms with van der Waals surface area (Å²) in [6.45, 7) is 2.22. The molecule has 2 N–H and O–H groups in total. The summed E-state index contributed by atoms with van der Waals surface area (Å²) in [5.74, 6) is 0.629. The number of hydrogen-bond acceptors (Lipinski definition) is 4. The van der Waals surface area contributed by atoms with Crippen LogP contribution in [0.2, 0.25) is 0 Å². The second-order valence-electron chi connectivity index (χ2n) is 6.92. The monoisotopic (exact) mass is 366 g/mol. The van der Waals surface area contributed by atoms with Crippen LogP contribution in [0.5, 0.6) is 0 Å². The number of carbonyl (C=O) groups excluding carboxylic acids is 1. The van der Waals surface area contributed by atoms with Crippen LogP contribution in [0, 0.1) is 6.92 Å². The molecule has 4 rings (SSSR count). The first-order valence-electron chi connectivity index (χ1n) is 9.25. The first-order chi connectivity index (χ1) is 13.1. The van der Waals surface area contributed by atoms with Gasteiger partial charge in [0.2, 0.25) is 0 Å². The zero-order valence-corrected chi connectivity index (χ0v) is 15.2. The van der Waals surface area contributed by atoms with Gasteiger partial charge in [0.25, 0.3) is 5.91 Å². The molecule has 7 heteroatoms. The molecule has 0 unspecified atom stereocenters. The van der Waals surface area contributed by atoms with Gasteiger partial charge in [-0.05, 0) is 43.9 Å². The minimum atomic E-state index is -0.220. The lowest BCUT2D eigenvalue weighted by molar-refractivity contribution is 0.0941. The third-order valence-electron chi connectivity index (χ3n) is 5.00. The number of carbonyl (C=O) groups is 1. The van der Waals surface area contributed by atoms with Gasteiger partial charge in [0.15, 0.2) is 5.69 Å². The van der Waals surface area contributed by atoms with E-state index in [1.807, 2.05) is 31.2 Å². The molecule has 0 saturated heterocycles. The molecule has 2 heterocycles. The van der Waals surface area contributed by atoms with E-state index in [-0.39, 0.29) is 11.6 Å². The number of hydrogen-bond donors (Lipinski definition) is 2. The summed E-state index contributed by atoms with van der Waals surface area (Å²) in [5.41, 5.74) is 3.67. The summed E-state index contributed by atoms with van der Waals surface area (Å²) in [6, 6.07) is 7.55. The predicted octanol–water partition coefficient (Wildman–Crippen LogP) is 2.66. The normalized spacial score (nSPS) is 13.8. The summed E-state index contributed by atoms with van der Waals surface area (Å²) < 4.78 is 6.98. The molecule has 0 atom stereocenters. The van der Waals surface area contributed by atoms with Gasteiger partial charge < -0.3 is 14.8 Å². The molecule has 0 spiro atoms. The van der Waals surface area contributed by atoms with Crippen LogP contribution < -0.4 is 11.0 Å². The van der Waals surface area contributed by atoms with Gasteiger partial charge in [0.1, 0.15) is 5.76 Å². The van der Waals surface area contributed by atoms with E-state index in [0.29, 0.717) is 12.2 Å². The summed E-state index contributed by atoms with van der Waals surface area (Å²) in [4.78, 5) is 27.2. The van der Waals surface area contributed by atoms with Gasteiger partial charge in [-0.1, -0.05) is 23.7 Å². The lowest BCUT2D eigenvalue weighted by atomic mass is 10.1. The molecule has 27 heavy (non-hydrogen) atoms. The number of aromatic amines is 1. The summed E-state index contributed by atoms with van der Waals surface area (Å²) >= 11 is 0. The third kappa shape index (κ3) is 3.45. The second-order valence-corrected chi connectivity index (χ2v) is 6.92. The van der Waals surface area contributed by atoms with Crippen LogP contribution in [0.15, 0.2) is 39.8 Å². The zero-order chi connectivity index (χ0) is 18.8. The maximum absolute atomic E-state index is 12.6. The highest BCUT2D eigenvalue weighted by atomic mass is 16.5. The summed E-state index contributed by atoms with van der Waals surface area (Å²) in [6.07, 6.45) is 6.65. The van der Waals surface area contributed by atoms with Crippen LogP contribution in [0.25, 0.3) is 5.69 Å². The second kappa shape index (κ2) is 7.26. The maximum Gasteiger partial charge on any atom is 0.330 e. The van der Waals surface area contributed by atoms with Crippen molar-refractivity contribution in [3.8, 4) is 5.69 Å². The number of rotatable bonds is 4. The number of imidazole rings is 1. The molecule has 0 bridgehead atoms. The molecule has 140 valence electrons. The van der Waals surface area contributed by atoms with Crippen molar-refractivity contribution in [2.24, 2.45) is 0 Å². The van der Waals surface area contributed by atoms with Gasteiger partial charge in [-0.3, -0.25) is 9.36 Å². The fourth-order valence-corrected chi connectivity index (χ4v) is 3.59. The zero-order valence-electron chi connectivity index (χ0n) is 15.2. The fraction of sp³-hybridized carbons (Fsp3) is 0.350. The van der Waals surface area contributed by atoms with Crippen molar-refractivity contribution >= 4 is 5.91 Å². The van der Waals surface area contributed by atoms with Gasteiger partial charge in [0.05, 0.1) is 5.69 Å². The van der Waals surface area contributed by atoms with Gasteiger partial charge in [-0.25, -0.2) is 4.79 Å². The van der Waals surface area contributed by atoms with Gasteiger partial charge in [-0.2, -0.15) is 0 Å². The molecule has 0 fully saturated rings. The molecule has 0 radical (unpaired) electrons. The first-order valence-corrected chi connectivity index (χ1v) is 9.25. The number of benzene rings is 1. The van der Waals surface area contributed by atoms with Crippen molar-refractivity contribution < 1.29 is 9.32 Å². The van der Waals surface area contributed by atoms with Crippen LogP contribution >= 0.6 is 0 Å². The van der Waals surface area contributed by atoms with Crippen LogP contribution in [-0.4, -0.2) is 20.6 Å². The Hall–Kier alpha value is -3.09. The molecular weight excluding hydrogens is 344 g/mol. The number of amides is 1. The minimum Gasteiger partial charge on any atom is -0.360 e. The van der Waals surface area contributed by atoms with E-state index in [1.165, 1.54) is 0 Å². The van der Waals surface area contributed by atoms with Crippen molar-refractivity contribution in [2.75, 3.05) is 0 Å². The van der Waals surface area contributed by atoms with Crippen molar-refractivity contribution in [2.45, 2.75) is 45.6 Å². The summed E-state index contributed by atoms with van der Waals surface area (Å²) in [5, 5.41) is 6.91. The van der Waals surface area contributed by atoms with E-state index in [2.05, 4.69) is 15.5 Å². The van der Waals surface area contributed by atoms with Crippen LogP contribution in [0.1, 0.15) is 52.3 Å². The molecule has 7 nitrogen and oxygen atoms in total. The average Bonchev–Trinajstić information content (AvgIpc) is 3.14. The van der Waals surface area contributed by atoms with Crippen molar-refractivity contribution in [1.29, 1.82) is 0 Å². The van der Waals surface area contributed by atoms with Crippen molar-refractivity contribution in [3.63, 3.8) is 0 Å². The molecule has 0 aliphatic heterocycles. The first kappa shape index (κ1) is 17.3. The van der Waals surface area contributed by atoms with E-state index >= 15 is 0 Å². The van der Waals surface area contributed by atoms with Gasteiger partial charge >= 0.3 is 5.69 Å². The number of H-pyrrole nitrogens is 1. The molecule has 1 aromatic carbocycles. The van der Waals surface area contributed by atoms with E-state index in [4.69, 9.17) is 4.52 Å². The predicted molar refractivity (Wildman–Crippen MR) is 100 cm³/mol. The van der Waals surface area contributed by atoms with Crippen LogP contribution in [0.4, 0.5) is 0 Å². The third-order valence-corrected chi connectivity index (χ3v) is 5.00. The Morgan fingerprint density at radius 1 is 1.30 bits per heavy atom. The lowest BCUT2D eigenvalue weighted by Crippen LogP contribution is -2.24. The van der Waals surface area contributed by atoms with E-state index in [1.54, 1.807) is 10.8 Å². The molecule has 0 saturated carbocycles. The molecule has 1 aliphatic carbocycles.